The Hall–Kier alpha value is -0.120. The summed E-state index contributed by atoms with van der Waals surface area (Å²) in [6.45, 7) is 10.8. The summed E-state index contributed by atoms with van der Waals surface area (Å²) in [6.07, 6.45) is 3.92. The molecule has 1 radical (unpaired) electrons. The van der Waals surface area contributed by atoms with Gasteiger partial charge in [-0.15, -0.1) is 0 Å². The van der Waals surface area contributed by atoms with Crippen molar-refractivity contribution in [3.05, 3.63) is 6.92 Å². The van der Waals surface area contributed by atoms with E-state index in [1.54, 1.807) is 0 Å². The molecule has 2 saturated heterocycles. The van der Waals surface area contributed by atoms with E-state index in [-0.39, 0.29) is 0 Å². The SMILES string of the molecule is [CH2]C(CCN1CCOCC1)C1CCCN1C. The average Bonchev–Trinajstić information content (AvgIpc) is 2.74. The molecule has 0 saturated carbocycles. The maximum absolute atomic E-state index is 5.36. The minimum atomic E-state index is 0.593. The van der Waals surface area contributed by atoms with Crippen LogP contribution in [0, 0.1) is 12.8 Å². The topological polar surface area (TPSA) is 15.7 Å². The Morgan fingerprint density at radius 2 is 2.06 bits per heavy atom. The molecule has 3 heteroatoms. The molecule has 2 aliphatic rings. The maximum Gasteiger partial charge on any atom is 0.0594 e. The van der Waals surface area contributed by atoms with Crippen molar-refractivity contribution in [1.29, 1.82) is 0 Å². The highest BCUT2D eigenvalue weighted by Gasteiger charge is 2.26. The van der Waals surface area contributed by atoms with E-state index >= 15 is 0 Å². The minimum absolute atomic E-state index is 0.593. The minimum Gasteiger partial charge on any atom is -0.379 e. The van der Waals surface area contributed by atoms with Gasteiger partial charge in [0.2, 0.25) is 0 Å². The number of rotatable bonds is 4. The summed E-state index contributed by atoms with van der Waals surface area (Å²) >= 11 is 0. The molecule has 2 aliphatic heterocycles. The smallest absolute Gasteiger partial charge is 0.0594 e. The summed E-state index contributed by atoms with van der Waals surface area (Å²) in [7, 11) is 2.24. The Morgan fingerprint density at radius 1 is 1.31 bits per heavy atom. The Labute approximate surface area is 99.7 Å². The summed E-state index contributed by atoms with van der Waals surface area (Å²) in [4.78, 5) is 4.99. The predicted octanol–water partition coefficient (Wildman–Crippen LogP) is 1.25. The lowest BCUT2D eigenvalue weighted by molar-refractivity contribution is 0.0347. The van der Waals surface area contributed by atoms with E-state index in [2.05, 4.69) is 23.8 Å². The van der Waals surface area contributed by atoms with Crippen LogP contribution in [0.5, 0.6) is 0 Å². The zero-order valence-electron chi connectivity index (χ0n) is 10.5. The van der Waals surface area contributed by atoms with Gasteiger partial charge in [-0.3, -0.25) is 4.90 Å². The van der Waals surface area contributed by atoms with Crippen molar-refractivity contribution >= 4 is 0 Å². The second kappa shape index (κ2) is 5.99. The number of likely N-dealkylation sites (tertiary alicyclic amines) is 1. The molecule has 3 nitrogen and oxygen atoms in total. The molecular formula is C13H25N2O. The van der Waals surface area contributed by atoms with Crippen LogP contribution >= 0.6 is 0 Å². The van der Waals surface area contributed by atoms with Crippen LogP contribution in [0.25, 0.3) is 0 Å². The van der Waals surface area contributed by atoms with Crippen LogP contribution in [-0.4, -0.2) is 62.3 Å². The summed E-state index contributed by atoms with van der Waals surface area (Å²) < 4.78 is 5.36. The third-order valence-electron chi connectivity index (χ3n) is 4.04. The molecule has 0 aromatic heterocycles. The van der Waals surface area contributed by atoms with E-state index in [0.717, 1.165) is 32.3 Å². The summed E-state index contributed by atoms with van der Waals surface area (Å²) in [5.74, 6) is 0.593. The van der Waals surface area contributed by atoms with Gasteiger partial charge in [-0.1, -0.05) is 0 Å². The average molecular weight is 225 g/mol. The molecule has 2 unspecified atom stereocenters. The third kappa shape index (κ3) is 3.19. The van der Waals surface area contributed by atoms with Crippen LogP contribution < -0.4 is 0 Å². The van der Waals surface area contributed by atoms with Gasteiger partial charge in [0.05, 0.1) is 13.2 Å². The second-order valence-corrected chi connectivity index (χ2v) is 5.19. The van der Waals surface area contributed by atoms with Crippen molar-refractivity contribution < 1.29 is 4.74 Å². The summed E-state index contributed by atoms with van der Waals surface area (Å²) in [5, 5.41) is 0. The molecule has 0 aromatic rings. The van der Waals surface area contributed by atoms with Gasteiger partial charge in [-0.2, -0.15) is 0 Å². The fourth-order valence-corrected chi connectivity index (χ4v) is 2.90. The van der Waals surface area contributed by atoms with Gasteiger partial charge in [-0.25, -0.2) is 0 Å². The van der Waals surface area contributed by atoms with Crippen molar-refractivity contribution in [3.8, 4) is 0 Å². The molecule has 0 aliphatic carbocycles. The Morgan fingerprint density at radius 3 is 2.69 bits per heavy atom. The largest absolute Gasteiger partial charge is 0.379 e. The first kappa shape index (κ1) is 12.3. The monoisotopic (exact) mass is 225 g/mol. The second-order valence-electron chi connectivity index (χ2n) is 5.19. The predicted molar refractivity (Wildman–Crippen MR) is 66.4 cm³/mol. The number of morpholine rings is 1. The van der Waals surface area contributed by atoms with Gasteiger partial charge < -0.3 is 9.64 Å². The molecule has 0 N–H and O–H groups in total. The number of hydrogen-bond acceptors (Lipinski definition) is 3. The first-order valence-electron chi connectivity index (χ1n) is 6.61. The molecule has 2 atom stereocenters. The van der Waals surface area contributed by atoms with Gasteiger partial charge in [0, 0.05) is 19.1 Å². The molecule has 16 heavy (non-hydrogen) atoms. The van der Waals surface area contributed by atoms with Crippen molar-refractivity contribution in [2.75, 3.05) is 46.4 Å². The third-order valence-corrected chi connectivity index (χ3v) is 4.04. The van der Waals surface area contributed by atoms with Crippen molar-refractivity contribution in [2.45, 2.75) is 25.3 Å². The van der Waals surface area contributed by atoms with Crippen molar-refractivity contribution in [1.82, 2.24) is 9.80 Å². The first-order valence-corrected chi connectivity index (χ1v) is 6.61. The molecule has 0 aromatic carbocycles. The van der Waals surface area contributed by atoms with Gasteiger partial charge in [0.1, 0.15) is 0 Å². The van der Waals surface area contributed by atoms with Crippen molar-refractivity contribution in [3.63, 3.8) is 0 Å². The molecular weight excluding hydrogens is 200 g/mol. The number of ether oxygens (including phenoxy) is 1. The van der Waals surface area contributed by atoms with Crippen LogP contribution in [0.4, 0.5) is 0 Å². The van der Waals surface area contributed by atoms with Crippen LogP contribution in [0.2, 0.25) is 0 Å². The zero-order chi connectivity index (χ0) is 11.4. The van der Waals surface area contributed by atoms with Gasteiger partial charge in [0.15, 0.2) is 0 Å². The van der Waals surface area contributed by atoms with E-state index < -0.39 is 0 Å². The lowest BCUT2D eigenvalue weighted by atomic mass is 9.96. The molecule has 2 fully saturated rings. The summed E-state index contributed by atoms with van der Waals surface area (Å²) in [6, 6.07) is 0.723. The van der Waals surface area contributed by atoms with Gasteiger partial charge in [-0.05, 0) is 52.2 Å². The maximum atomic E-state index is 5.36. The van der Waals surface area contributed by atoms with E-state index in [1.807, 2.05) is 0 Å². The summed E-state index contributed by atoms with van der Waals surface area (Å²) in [5.41, 5.74) is 0. The zero-order valence-corrected chi connectivity index (χ0v) is 10.5. The highest BCUT2D eigenvalue weighted by molar-refractivity contribution is 4.85. The molecule has 0 bridgehead atoms. The van der Waals surface area contributed by atoms with Crippen LogP contribution in [0.1, 0.15) is 19.3 Å². The lowest BCUT2D eigenvalue weighted by Gasteiger charge is -2.30. The highest BCUT2D eigenvalue weighted by Crippen LogP contribution is 2.24. The van der Waals surface area contributed by atoms with E-state index in [4.69, 9.17) is 4.74 Å². The Kier molecular flexibility index (Phi) is 4.62. The first-order chi connectivity index (χ1) is 7.77. The molecule has 2 rings (SSSR count). The lowest BCUT2D eigenvalue weighted by Crippen LogP contribution is -2.39. The van der Waals surface area contributed by atoms with E-state index in [0.29, 0.717) is 5.92 Å². The van der Waals surface area contributed by atoms with Gasteiger partial charge >= 0.3 is 0 Å². The quantitative estimate of drug-likeness (QED) is 0.716. The highest BCUT2D eigenvalue weighted by atomic mass is 16.5. The van der Waals surface area contributed by atoms with Crippen LogP contribution in [0.3, 0.4) is 0 Å². The van der Waals surface area contributed by atoms with Crippen LogP contribution in [0.15, 0.2) is 0 Å². The van der Waals surface area contributed by atoms with Crippen molar-refractivity contribution in [2.24, 2.45) is 5.92 Å². The van der Waals surface area contributed by atoms with E-state index in [9.17, 15) is 0 Å². The molecule has 93 valence electrons. The Bertz CT molecular complexity index is 204. The normalized spacial score (nSPS) is 30.8. The fraction of sp³-hybridized carbons (Fsp3) is 0.923. The van der Waals surface area contributed by atoms with Gasteiger partial charge in [0.25, 0.3) is 0 Å². The van der Waals surface area contributed by atoms with E-state index in [1.165, 1.54) is 32.4 Å². The fourth-order valence-electron chi connectivity index (χ4n) is 2.90. The molecule has 0 amide bonds. The van der Waals surface area contributed by atoms with Crippen LogP contribution in [-0.2, 0) is 4.74 Å². The standard InChI is InChI=1S/C13H25N2O/c1-12(13-4-3-6-14(13)2)5-7-15-8-10-16-11-9-15/h12-13H,1,3-11H2,2H3. The molecule has 0 spiro atoms. The molecule has 2 heterocycles. The number of hydrogen-bond donors (Lipinski definition) is 0. The Balaban J connectivity index is 1.68. The number of nitrogens with zero attached hydrogens (tertiary/aromatic N) is 2.